The van der Waals surface area contributed by atoms with Crippen LogP contribution in [-0.4, -0.2) is 19.9 Å². The van der Waals surface area contributed by atoms with Gasteiger partial charge in [0.15, 0.2) is 0 Å². The molecule has 0 aliphatic rings. The van der Waals surface area contributed by atoms with Crippen LogP contribution in [0.15, 0.2) is 54.7 Å². The van der Waals surface area contributed by atoms with Crippen molar-refractivity contribution in [2.24, 2.45) is 0 Å². The molecule has 0 bridgehead atoms. The standard InChI is InChI=1S/C15H12N4O2/c1-11-4-2-6-13(8-11)18-10-15(16-17-18)12-5-3-7-14(9-12)19(20)21/h2-10H,1H3. The lowest BCUT2D eigenvalue weighted by molar-refractivity contribution is -0.384. The van der Waals surface area contributed by atoms with Gasteiger partial charge in [0, 0.05) is 17.7 Å². The Kier molecular flexibility index (Phi) is 3.19. The van der Waals surface area contributed by atoms with E-state index in [1.807, 2.05) is 31.2 Å². The van der Waals surface area contributed by atoms with Crippen molar-refractivity contribution in [1.82, 2.24) is 15.0 Å². The van der Waals surface area contributed by atoms with Gasteiger partial charge in [-0.3, -0.25) is 10.1 Å². The van der Waals surface area contributed by atoms with Crippen LogP contribution in [0, 0.1) is 17.0 Å². The van der Waals surface area contributed by atoms with E-state index in [4.69, 9.17) is 0 Å². The van der Waals surface area contributed by atoms with Crippen molar-refractivity contribution in [3.63, 3.8) is 0 Å². The number of nitro benzene ring substituents is 1. The van der Waals surface area contributed by atoms with E-state index in [-0.39, 0.29) is 5.69 Å². The molecule has 1 aromatic heterocycles. The van der Waals surface area contributed by atoms with Crippen LogP contribution in [0.5, 0.6) is 0 Å². The Balaban J connectivity index is 1.98. The Hall–Kier alpha value is -3.02. The van der Waals surface area contributed by atoms with Crippen LogP contribution in [0.3, 0.4) is 0 Å². The lowest BCUT2D eigenvalue weighted by Crippen LogP contribution is -1.94. The number of nitrogens with zero attached hydrogens (tertiary/aromatic N) is 4. The number of nitro groups is 1. The Bertz CT molecular complexity index is 811. The van der Waals surface area contributed by atoms with E-state index in [0.29, 0.717) is 11.3 Å². The molecule has 0 atom stereocenters. The molecule has 3 aromatic rings. The van der Waals surface area contributed by atoms with Gasteiger partial charge in [-0.05, 0) is 24.6 Å². The van der Waals surface area contributed by atoms with E-state index in [0.717, 1.165) is 11.3 Å². The summed E-state index contributed by atoms with van der Waals surface area (Å²) in [5.41, 5.74) is 3.33. The zero-order valence-corrected chi connectivity index (χ0v) is 11.3. The van der Waals surface area contributed by atoms with E-state index < -0.39 is 4.92 Å². The molecule has 1 heterocycles. The SMILES string of the molecule is Cc1cccc(-n2cc(-c3cccc([N+](=O)[O-])c3)nn2)c1. The fourth-order valence-corrected chi connectivity index (χ4v) is 2.07. The summed E-state index contributed by atoms with van der Waals surface area (Å²) >= 11 is 0. The minimum absolute atomic E-state index is 0.0394. The number of benzene rings is 2. The van der Waals surface area contributed by atoms with E-state index in [9.17, 15) is 10.1 Å². The van der Waals surface area contributed by atoms with Crippen LogP contribution >= 0.6 is 0 Å². The van der Waals surface area contributed by atoms with Crippen molar-refractivity contribution in [2.75, 3.05) is 0 Å². The van der Waals surface area contributed by atoms with E-state index >= 15 is 0 Å². The molecule has 0 radical (unpaired) electrons. The maximum absolute atomic E-state index is 10.8. The number of non-ortho nitro benzene ring substituents is 1. The van der Waals surface area contributed by atoms with Crippen LogP contribution in [0.1, 0.15) is 5.56 Å². The summed E-state index contributed by atoms with van der Waals surface area (Å²) in [5, 5.41) is 19.0. The van der Waals surface area contributed by atoms with Crippen LogP contribution in [0.25, 0.3) is 16.9 Å². The highest BCUT2D eigenvalue weighted by atomic mass is 16.6. The Morgan fingerprint density at radius 1 is 1.14 bits per heavy atom. The first kappa shape index (κ1) is 13.0. The van der Waals surface area contributed by atoms with Crippen LogP contribution in [0.2, 0.25) is 0 Å². The molecule has 0 aliphatic carbocycles. The molecule has 6 heteroatoms. The second-order valence-corrected chi connectivity index (χ2v) is 4.69. The molecule has 2 aromatic carbocycles. The third-order valence-corrected chi connectivity index (χ3v) is 3.11. The molecule has 104 valence electrons. The van der Waals surface area contributed by atoms with Gasteiger partial charge in [0.25, 0.3) is 5.69 Å². The molecule has 6 nitrogen and oxygen atoms in total. The van der Waals surface area contributed by atoms with Gasteiger partial charge < -0.3 is 0 Å². The molecule has 0 spiro atoms. The van der Waals surface area contributed by atoms with Gasteiger partial charge >= 0.3 is 0 Å². The van der Waals surface area contributed by atoms with Gasteiger partial charge in [-0.2, -0.15) is 0 Å². The topological polar surface area (TPSA) is 73.8 Å². The summed E-state index contributed by atoms with van der Waals surface area (Å²) in [6.07, 6.45) is 1.76. The van der Waals surface area contributed by atoms with Crippen LogP contribution < -0.4 is 0 Å². The highest BCUT2D eigenvalue weighted by molar-refractivity contribution is 5.61. The van der Waals surface area contributed by atoms with Crippen LogP contribution in [0.4, 0.5) is 5.69 Å². The zero-order chi connectivity index (χ0) is 14.8. The molecule has 3 rings (SSSR count). The molecular formula is C15H12N4O2. The molecule has 0 unspecified atom stereocenters. The maximum Gasteiger partial charge on any atom is 0.270 e. The highest BCUT2D eigenvalue weighted by Gasteiger charge is 2.10. The van der Waals surface area contributed by atoms with E-state index in [2.05, 4.69) is 10.3 Å². The summed E-state index contributed by atoms with van der Waals surface area (Å²) in [4.78, 5) is 10.4. The lowest BCUT2D eigenvalue weighted by atomic mass is 10.1. The molecule has 0 saturated heterocycles. The second-order valence-electron chi connectivity index (χ2n) is 4.69. The fraction of sp³-hybridized carbons (Fsp3) is 0.0667. The molecule has 0 fully saturated rings. The first-order chi connectivity index (χ1) is 10.1. The summed E-state index contributed by atoms with van der Waals surface area (Å²) in [5.74, 6) is 0. The predicted molar refractivity (Wildman–Crippen MR) is 78.2 cm³/mol. The normalized spacial score (nSPS) is 10.5. The van der Waals surface area contributed by atoms with Crippen molar-refractivity contribution in [3.8, 4) is 16.9 Å². The van der Waals surface area contributed by atoms with Gasteiger partial charge in [-0.25, -0.2) is 4.68 Å². The molecule has 21 heavy (non-hydrogen) atoms. The molecule has 0 saturated carbocycles. The summed E-state index contributed by atoms with van der Waals surface area (Å²) in [6, 6.07) is 14.2. The fourth-order valence-electron chi connectivity index (χ4n) is 2.07. The molecular weight excluding hydrogens is 268 g/mol. The van der Waals surface area contributed by atoms with Crippen molar-refractivity contribution >= 4 is 5.69 Å². The minimum Gasteiger partial charge on any atom is -0.258 e. The first-order valence-electron chi connectivity index (χ1n) is 6.38. The Labute approximate surface area is 120 Å². The average molecular weight is 280 g/mol. The Morgan fingerprint density at radius 2 is 1.95 bits per heavy atom. The zero-order valence-electron chi connectivity index (χ0n) is 11.3. The van der Waals surface area contributed by atoms with E-state index in [1.54, 1.807) is 23.0 Å². The second kappa shape index (κ2) is 5.16. The largest absolute Gasteiger partial charge is 0.270 e. The third-order valence-electron chi connectivity index (χ3n) is 3.11. The third kappa shape index (κ3) is 2.64. The van der Waals surface area contributed by atoms with Crippen molar-refractivity contribution in [1.29, 1.82) is 0 Å². The highest BCUT2D eigenvalue weighted by Crippen LogP contribution is 2.22. The van der Waals surface area contributed by atoms with Crippen molar-refractivity contribution in [2.45, 2.75) is 6.92 Å². The number of rotatable bonds is 3. The number of aryl methyl sites for hydroxylation is 1. The molecule has 0 aliphatic heterocycles. The van der Waals surface area contributed by atoms with E-state index in [1.165, 1.54) is 12.1 Å². The summed E-state index contributed by atoms with van der Waals surface area (Å²) < 4.78 is 1.65. The molecule has 0 amide bonds. The first-order valence-corrected chi connectivity index (χ1v) is 6.38. The average Bonchev–Trinajstić information content (AvgIpc) is 2.97. The van der Waals surface area contributed by atoms with Gasteiger partial charge in [-0.1, -0.05) is 29.5 Å². The van der Waals surface area contributed by atoms with Crippen LogP contribution in [-0.2, 0) is 0 Å². The van der Waals surface area contributed by atoms with Gasteiger partial charge in [0.1, 0.15) is 5.69 Å². The van der Waals surface area contributed by atoms with Crippen molar-refractivity contribution in [3.05, 3.63) is 70.4 Å². The van der Waals surface area contributed by atoms with Crippen molar-refractivity contribution < 1.29 is 4.92 Å². The summed E-state index contributed by atoms with van der Waals surface area (Å²) in [6.45, 7) is 2.00. The lowest BCUT2D eigenvalue weighted by Gasteiger charge is -2.00. The number of hydrogen-bond acceptors (Lipinski definition) is 4. The Morgan fingerprint density at radius 3 is 2.71 bits per heavy atom. The predicted octanol–water partition coefficient (Wildman–Crippen LogP) is 3.15. The van der Waals surface area contributed by atoms with Gasteiger partial charge in [0.05, 0.1) is 16.8 Å². The summed E-state index contributed by atoms with van der Waals surface area (Å²) in [7, 11) is 0. The number of aromatic nitrogens is 3. The minimum atomic E-state index is -0.422. The smallest absolute Gasteiger partial charge is 0.258 e. The quantitative estimate of drug-likeness (QED) is 0.545. The number of hydrogen-bond donors (Lipinski definition) is 0. The maximum atomic E-state index is 10.8. The van der Waals surface area contributed by atoms with Gasteiger partial charge in [-0.15, -0.1) is 5.10 Å². The van der Waals surface area contributed by atoms with Gasteiger partial charge in [0.2, 0.25) is 0 Å². The monoisotopic (exact) mass is 280 g/mol. The molecule has 0 N–H and O–H groups in total.